The number of hydrogen-bond acceptors (Lipinski definition) is 7. The van der Waals surface area contributed by atoms with Gasteiger partial charge in [0, 0.05) is 29.4 Å². The van der Waals surface area contributed by atoms with E-state index in [1.165, 1.54) is 12.1 Å². The highest BCUT2D eigenvalue weighted by molar-refractivity contribution is 7.22. The molecule has 6 nitrogen and oxygen atoms in total. The number of fused-ring (bicyclic) bond motifs is 2. The molecule has 6 rings (SSSR count). The SMILES string of the molecule is Fc1ccc(-c2c(-c3ccncc3)sc3ncnc(NCc4ccc5c(c4)OCO5)c23)cc1. The molecule has 1 aliphatic heterocycles. The minimum atomic E-state index is -0.277. The molecule has 162 valence electrons. The molecule has 0 bridgehead atoms. The number of benzene rings is 2. The average molecular weight is 457 g/mol. The topological polar surface area (TPSA) is 69.2 Å². The molecule has 3 aromatic heterocycles. The summed E-state index contributed by atoms with van der Waals surface area (Å²) in [4.78, 5) is 15.1. The maximum Gasteiger partial charge on any atom is 0.231 e. The molecule has 0 amide bonds. The van der Waals surface area contributed by atoms with Gasteiger partial charge in [0.2, 0.25) is 6.79 Å². The fraction of sp³-hybridized carbons (Fsp3) is 0.0800. The van der Waals surface area contributed by atoms with Crippen molar-refractivity contribution < 1.29 is 13.9 Å². The number of halogens is 1. The quantitative estimate of drug-likeness (QED) is 0.355. The van der Waals surface area contributed by atoms with Gasteiger partial charge >= 0.3 is 0 Å². The Morgan fingerprint density at radius 1 is 0.909 bits per heavy atom. The van der Waals surface area contributed by atoms with Gasteiger partial charge in [-0.05, 0) is 53.1 Å². The number of aromatic nitrogens is 3. The number of thiophene rings is 1. The van der Waals surface area contributed by atoms with Crippen LogP contribution in [0.25, 0.3) is 31.8 Å². The highest BCUT2D eigenvalue weighted by Crippen LogP contribution is 2.46. The molecule has 2 aromatic carbocycles. The van der Waals surface area contributed by atoms with Gasteiger partial charge in [-0.1, -0.05) is 18.2 Å². The van der Waals surface area contributed by atoms with E-state index in [1.54, 1.807) is 42.2 Å². The largest absolute Gasteiger partial charge is 0.454 e. The second kappa shape index (κ2) is 8.14. The summed E-state index contributed by atoms with van der Waals surface area (Å²) in [6, 6.07) is 16.3. The van der Waals surface area contributed by atoms with E-state index in [1.807, 2.05) is 30.3 Å². The summed E-state index contributed by atoms with van der Waals surface area (Å²) in [5.41, 5.74) is 3.93. The van der Waals surface area contributed by atoms with Gasteiger partial charge in [-0.15, -0.1) is 11.3 Å². The first kappa shape index (κ1) is 19.6. The zero-order valence-electron chi connectivity index (χ0n) is 17.3. The number of nitrogens with zero attached hydrogens (tertiary/aromatic N) is 3. The molecule has 0 aliphatic carbocycles. The van der Waals surface area contributed by atoms with Crippen LogP contribution in [-0.2, 0) is 6.54 Å². The van der Waals surface area contributed by atoms with Crippen molar-refractivity contribution in [1.29, 1.82) is 0 Å². The highest BCUT2D eigenvalue weighted by Gasteiger charge is 2.20. The summed E-state index contributed by atoms with van der Waals surface area (Å²) in [5, 5.41) is 4.36. The van der Waals surface area contributed by atoms with Crippen molar-refractivity contribution in [1.82, 2.24) is 15.0 Å². The summed E-state index contributed by atoms with van der Waals surface area (Å²) in [7, 11) is 0. The van der Waals surface area contributed by atoms with Gasteiger partial charge < -0.3 is 14.8 Å². The molecular weight excluding hydrogens is 439 g/mol. The predicted octanol–water partition coefficient (Wildman–Crippen LogP) is 5.90. The first-order valence-corrected chi connectivity index (χ1v) is 11.1. The van der Waals surface area contributed by atoms with E-state index in [-0.39, 0.29) is 12.6 Å². The van der Waals surface area contributed by atoms with E-state index in [0.29, 0.717) is 12.4 Å². The molecule has 5 aromatic rings. The summed E-state index contributed by atoms with van der Waals surface area (Å²) in [6.07, 6.45) is 5.09. The summed E-state index contributed by atoms with van der Waals surface area (Å²) in [5.74, 6) is 1.93. The van der Waals surface area contributed by atoms with Crippen molar-refractivity contribution in [3.63, 3.8) is 0 Å². The second-order valence-corrected chi connectivity index (χ2v) is 8.49. The zero-order valence-corrected chi connectivity index (χ0v) is 18.1. The molecule has 4 heterocycles. The molecule has 0 saturated carbocycles. The molecule has 0 atom stereocenters. The Morgan fingerprint density at radius 3 is 2.58 bits per heavy atom. The van der Waals surface area contributed by atoms with Crippen LogP contribution in [0.5, 0.6) is 11.5 Å². The summed E-state index contributed by atoms with van der Waals surface area (Å²) in [6.45, 7) is 0.790. The lowest BCUT2D eigenvalue weighted by molar-refractivity contribution is 0.174. The van der Waals surface area contributed by atoms with Crippen LogP contribution >= 0.6 is 11.3 Å². The number of anilines is 1. The lowest BCUT2D eigenvalue weighted by atomic mass is 10.00. The first-order chi connectivity index (χ1) is 16.3. The number of hydrogen-bond donors (Lipinski definition) is 1. The van der Waals surface area contributed by atoms with Crippen LogP contribution in [0.1, 0.15) is 5.56 Å². The Balaban J connectivity index is 1.46. The van der Waals surface area contributed by atoms with Gasteiger partial charge in [0.05, 0.1) is 5.39 Å². The lowest BCUT2D eigenvalue weighted by Gasteiger charge is -2.10. The Labute approximate surface area is 192 Å². The van der Waals surface area contributed by atoms with Crippen LogP contribution in [0.3, 0.4) is 0 Å². The summed E-state index contributed by atoms with van der Waals surface area (Å²) < 4.78 is 24.6. The Hall–Kier alpha value is -4.04. The van der Waals surface area contributed by atoms with E-state index >= 15 is 0 Å². The van der Waals surface area contributed by atoms with Crippen molar-refractivity contribution >= 4 is 27.4 Å². The van der Waals surface area contributed by atoms with Crippen LogP contribution < -0.4 is 14.8 Å². The van der Waals surface area contributed by atoms with Crippen LogP contribution in [0, 0.1) is 5.82 Å². The van der Waals surface area contributed by atoms with Crippen molar-refractivity contribution in [2.24, 2.45) is 0 Å². The molecular formula is C25H17FN4O2S. The monoisotopic (exact) mass is 456 g/mol. The van der Waals surface area contributed by atoms with E-state index in [2.05, 4.69) is 20.3 Å². The standard InChI is InChI=1S/C25H17FN4O2S/c26-18-4-2-16(3-5-18)21-22-24(28-12-15-1-6-19-20(11-15)32-14-31-19)29-13-30-25(22)33-23(21)17-7-9-27-10-8-17/h1-11,13H,12,14H2,(H,28,29,30). The van der Waals surface area contributed by atoms with Crippen LogP contribution in [-0.4, -0.2) is 21.7 Å². The van der Waals surface area contributed by atoms with Gasteiger partial charge in [-0.25, -0.2) is 14.4 Å². The van der Waals surface area contributed by atoms with Gasteiger partial charge in [0.25, 0.3) is 0 Å². The molecule has 0 spiro atoms. The van der Waals surface area contributed by atoms with E-state index < -0.39 is 0 Å². The van der Waals surface area contributed by atoms with Crippen LogP contribution in [0.4, 0.5) is 10.2 Å². The smallest absolute Gasteiger partial charge is 0.231 e. The third kappa shape index (κ3) is 3.64. The van der Waals surface area contributed by atoms with Crippen LogP contribution in [0.15, 0.2) is 73.3 Å². The van der Waals surface area contributed by atoms with Gasteiger partial charge in [-0.3, -0.25) is 4.98 Å². The fourth-order valence-corrected chi connectivity index (χ4v) is 5.07. The van der Waals surface area contributed by atoms with Crippen LogP contribution in [0.2, 0.25) is 0 Å². The molecule has 0 fully saturated rings. The molecule has 0 unspecified atom stereocenters. The van der Waals surface area contributed by atoms with Crippen molar-refractivity contribution in [3.05, 3.63) is 84.7 Å². The number of ether oxygens (including phenoxy) is 2. The highest BCUT2D eigenvalue weighted by atomic mass is 32.1. The Kier molecular flexibility index (Phi) is 4.84. The Bertz CT molecular complexity index is 1460. The van der Waals surface area contributed by atoms with E-state index in [9.17, 15) is 4.39 Å². The van der Waals surface area contributed by atoms with E-state index in [4.69, 9.17) is 9.47 Å². The molecule has 8 heteroatoms. The van der Waals surface area contributed by atoms with Crippen molar-refractivity contribution in [2.45, 2.75) is 6.54 Å². The van der Waals surface area contributed by atoms with Gasteiger partial charge in [0.1, 0.15) is 22.8 Å². The molecule has 0 saturated heterocycles. The van der Waals surface area contributed by atoms with E-state index in [0.717, 1.165) is 48.8 Å². The van der Waals surface area contributed by atoms with Crippen molar-refractivity contribution in [3.8, 4) is 33.1 Å². The number of pyridine rings is 1. The lowest BCUT2D eigenvalue weighted by Crippen LogP contribution is -2.02. The maximum atomic E-state index is 13.7. The minimum absolute atomic E-state index is 0.243. The molecule has 33 heavy (non-hydrogen) atoms. The predicted molar refractivity (Wildman–Crippen MR) is 126 cm³/mol. The number of rotatable bonds is 5. The first-order valence-electron chi connectivity index (χ1n) is 10.3. The molecule has 1 aliphatic rings. The number of nitrogens with one attached hydrogen (secondary N) is 1. The average Bonchev–Trinajstić information content (AvgIpc) is 3.48. The Morgan fingerprint density at radius 2 is 1.73 bits per heavy atom. The minimum Gasteiger partial charge on any atom is -0.454 e. The second-order valence-electron chi connectivity index (χ2n) is 7.49. The zero-order chi connectivity index (χ0) is 22.2. The van der Waals surface area contributed by atoms with Gasteiger partial charge in [0.15, 0.2) is 11.5 Å². The molecule has 0 radical (unpaired) electrons. The maximum absolute atomic E-state index is 13.7. The fourth-order valence-electron chi connectivity index (χ4n) is 3.90. The van der Waals surface area contributed by atoms with Gasteiger partial charge in [-0.2, -0.15) is 0 Å². The third-order valence-electron chi connectivity index (χ3n) is 5.46. The third-order valence-corrected chi connectivity index (χ3v) is 6.61. The molecule has 1 N–H and O–H groups in total. The summed E-state index contributed by atoms with van der Waals surface area (Å²) >= 11 is 1.58. The normalized spacial score (nSPS) is 12.3. The van der Waals surface area contributed by atoms with Crippen molar-refractivity contribution in [2.75, 3.05) is 12.1 Å².